The Bertz CT molecular complexity index is 842. The quantitative estimate of drug-likeness (QED) is 0.768. The molecule has 0 spiro atoms. The number of rotatable bonds is 5. The summed E-state index contributed by atoms with van der Waals surface area (Å²) in [4.78, 5) is 17.3. The molecule has 1 amide bonds. The summed E-state index contributed by atoms with van der Waals surface area (Å²) in [5, 5.41) is 3.03. The van der Waals surface area contributed by atoms with E-state index >= 15 is 0 Å². The molecule has 3 aliphatic rings. The summed E-state index contributed by atoms with van der Waals surface area (Å²) in [6.45, 7) is 5.08. The van der Waals surface area contributed by atoms with Gasteiger partial charge in [0.2, 0.25) is 15.9 Å². The molecular formula is C20H30N4O4S. The van der Waals surface area contributed by atoms with Crippen molar-refractivity contribution in [2.45, 2.75) is 24.2 Å². The van der Waals surface area contributed by atoms with Crippen LogP contribution < -0.4 is 10.2 Å². The topological polar surface area (TPSA) is 82.2 Å². The van der Waals surface area contributed by atoms with Gasteiger partial charge in [-0.25, -0.2) is 8.42 Å². The van der Waals surface area contributed by atoms with E-state index in [4.69, 9.17) is 4.74 Å². The number of anilines is 2. The smallest absolute Gasteiger partial charge is 0.243 e. The Morgan fingerprint density at radius 1 is 1.07 bits per heavy atom. The Morgan fingerprint density at radius 3 is 2.38 bits per heavy atom. The highest BCUT2D eigenvalue weighted by atomic mass is 32.2. The lowest BCUT2D eigenvalue weighted by atomic mass is 9.85. The largest absolute Gasteiger partial charge is 0.379 e. The first-order chi connectivity index (χ1) is 13.9. The zero-order chi connectivity index (χ0) is 20.4. The van der Waals surface area contributed by atoms with Gasteiger partial charge in [0.1, 0.15) is 0 Å². The van der Waals surface area contributed by atoms with E-state index in [2.05, 4.69) is 22.2 Å². The summed E-state index contributed by atoms with van der Waals surface area (Å²) < 4.78 is 32.9. The Balaban J connectivity index is 1.63. The number of likely N-dealkylation sites (N-methyl/N-ethyl adjacent to an activating group) is 1. The molecule has 3 fully saturated rings. The predicted octanol–water partition coefficient (Wildman–Crippen LogP) is 1.20. The maximum atomic E-state index is 13.1. The molecule has 2 heterocycles. The van der Waals surface area contributed by atoms with E-state index in [0.29, 0.717) is 32.0 Å². The Hall–Kier alpha value is -1.68. The Morgan fingerprint density at radius 2 is 1.76 bits per heavy atom. The number of hydrogen-bond acceptors (Lipinski definition) is 6. The van der Waals surface area contributed by atoms with Gasteiger partial charge in [0.05, 0.1) is 29.5 Å². The van der Waals surface area contributed by atoms with Crippen LogP contribution in [0.2, 0.25) is 0 Å². The van der Waals surface area contributed by atoms with Crippen molar-refractivity contribution in [3.63, 3.8) is 0 Å². The van der Waals surface area contributed by atoms with Gasteiger partial charge in [0.25, 0.3) is 0 Å². The number of carbonyl (C=O) groups is 1. The molecule has 2 aliphatic heterocycles. The lowest BCUT2D eigenvalue weighted by molar-refractivity contribution is -0.122. The highest BCUT2D eigenvalue weighted by Crippen LogP contribution is 2.33. The lowest BCUT2D eigenvalue weighted by Crippen LogP contribution is -2.45. The summed E-state index contributed by atoms with van der Waals surface area (Å²) >= 11 is 0. The maximum Gasteiger partial charge on any atom is 0.243 e. The fraction of sp³-hybridized carbons (Fsp3) is 0.650. The predicted molar refractivity (Wildman–Crippen MR) is 112 cm³/mol. The van der Waals surface area contributed by atoms with Gasteiger partial charge >= 0.3 is 0 Å². The molecule has 8 nitrogen and oxygen atoms in total. The van der Waals surface area contributed by atoms with Gasteiger partial charge in [0, 0.05) is 45.2 Å². The first kappa shape index (κ1) is 20.6. The molecule has 0 radical (unpaired) electrons. The lowest BCUT2D eigenvalue weighted by Gasteiger charge is -2.35. The number of hydrogen-bond donors (Lipinski definition) is 1. The number of piperazine rings is 1. The van der Waals surface area contributed by atoms with Crippen LogP contribution >= 0.6 is 0 Å². The zero-order valence-corrected chi connectivity index (χ0v) is 17.8. The number of nitrogens with one attached hydrogen (secondary N) is 1. The molecule has 1 aromatic rings. The van der Waals surface area contributed by atoms with Gasteiger partial charge in [-0.15, -0.1) is 0 Å². The summed E-state index contributed by atoms with van der Waals surface area (Å²) in [5.41, 5.74) is 1.49. The van der Waals surface area contributed by atoms with Crippen LogP contribution in [-0.4, -0.2) is 83.1 Å². The van der Waals surface area contributed by atoms with Crippen molar-refractivity contribution >= 4 is 27.3 Å². The van der Waals surface area contributed by atoms with Crippen LogP contribution in [-0.2, 0) is 19.6 Å². The number of carbonyl (C=O) groups excluding carboxylic acids is 1. The number of ether oxygens (including phenoxy) is 1. The molecule has 0 aromatic heterocycles. The SMILES string of the molecule is CN1CCN(c2ccc(S(=O)(=O)N3CCOCC3)cc2NC(=O)C2CCC2)CC1. The molecule has 0 bridgehead atoms. The molecule has 4 rings (SSSR count). The number of benzene rings is 1. The van der Waals surface area contributed by atoms with Crippen LogP contribution in [0.25, 0.3) is 0 Å². The third kappa shape index (κ3) is 4.42. The third-order valence-corrected chi connectivity index (χ3v) is 8.05. The average molecular weight is 423 g/mol. The minimum atomic E-state index is -3.61. The minimum Gasteiger partial charge on any atom is -0.379 e. The number of sulfonamides is 1. The van der Waals surface area contributed by atoms with E-state index in [1.54, 1.807) is 12.1 Å². The van der Waals surface area contributed by atoms with Gasteiger partial charge < -0.3 is 19.9 Å². The fourth-order valence-corrected chi connectivity index (χ4v) is 5.37. The first-order valence-corrected chi connectivity index (χ1v) is 11.9. The number of nitrogens with zero attached hydrogens (tertiary/aromatic N) is 3. The van der Waals surface area contributed by atoms with Gasteiger partial charge in [-0.2, -0.15) is 4.31 Å². The van der Waals surface area contributed by atoms with Crippen molar-refractivity contribution in [2.75, 3.05) is 69.7 Å². The first-order valence-electron chi connectivity index (χ1n) is 10.4. The zero-order valence-electron chi connectivity index (χ0n) is 17.0. The van der Waals surface area contributed by atoms with Crippen LogP contribution in [0.3, 0.4) is 0 Å². The molecule has 2 saturated heterocycles. The standard InChI is InChI=1S/C20H30N4O4S/c1-22-7-9-23(10-8-22)19-6-5-17(29(26,27)24-11-13-28-14-12-24)15-18(19)21-20(25)16-3-2-4-16/h5-6,15-16H,2-4,7-14H2,1H3,(H,21,25). The van der Waals surface area contributed by atoms with Crippen LogP contribution in [0.1, 0.15) is 19.3 Å². The normalized spacial score (nSPS) is 22.3. The van der Waals surface area contributed by atoms with Gasteiger partial charge in [-0.05, 0) is 38.1 Å². The Kier molecular flexibility index (Phi) is 6.10. The second kappa shape index (κ2) is 8.59. The molecule has 9 heteroatoms. The summed E-state index contributed by atoms with van der Waals surface area (Å²) in [6.07, 6.45) is 2.89. The van der Waals surface area contributed by atoms with Gasteiger partial charge in [-0.3, -0.25) is 4.79 Å². The van der Waals surface area contributed by atoms with Crippen molar-refractivity contribution < 1.29 is 17.9 Å². The van der Waals surface area contributed by atoms with Crippen LogP contribution in [0, 0.1) is 5.92 Å². The molecule has 29 heavy (non-hydrogen) atoms. The monoisotopic (exact) mass is 422 g/mol. The van der Waals surface area contributed by atoms with Gasteiger partial charge in [0.15, 0.2) is 0 Å². The second-order valence-corrected chi connectivity index (χ2v) is 10.0. The van der Waals surface area contributed by atoms with Crippen molar-refractivity contribution in [1.29, 1.82) is 0 Å². The maximum absolute atomic E-state index is 13.1. The molecule has 160 valence electrons. The van der Waals surface area contributed by atoms with Crippen LogP contribution in [0.4, 0.5) is 11.4 Å². The molecule has 0 unspecified atom stereocenters. The molecule has 1 N–H and O–H groups in total. The molecular weight excluding hydrogens is 392 g/mol. The van der Waals surface area contributed by atoms with Crippen LogP contribution in [0.15, 0.2) is 23.1 Å². The van der Waals surface area contributed by atoms with Gasteiger partial charge in [-0.1, -0.05) is 6.42 Å². The molecule has 0 atom stereocenters. The molecule has 1 aliphatic carbocycles. The highest BCUT2D eigenvalue weighted by Gasteiger charge is 2.30. The van der Waals surface area contributed by atoms with Crippen LogP contribution in [0.5, 0.6) is 0 Å². The summed E-state index contributed by atoms with van der Waals surface area (Å²) in [7, 11) is -1.52. The number of morpholine rings is 1. The van der Waals surface area contributed by atoms with E-state index in [0.717, 1.165) is 51.1 Å². The minimum absolute atomic E-state index is 0.00690. The summed E-state index contributed by atoms with van der Waals surface area (Å²) in [6, 6.07) is 5.14. The summed E-state index contributed by atoms with van der Waals surface area (Å²) in [5.74, 6) is 0.0300. The van der Waals surface area contributed by atoms with Crippen molar-refractivity contribution in [3.8, 4) is 0 Å². The average Bonchev–Trinajstić information content (AvgIpc) is 2.68. The Labute approximate surface area is 172 Å². The van der Waals surface area contributed by atoms with Crippen molar-refractivity contribution in [2.24, 2.45) is 5.92 Å². The number of amides is 1. The van der Waals surface area contributed by atoms with Crippen molar-refractivity contribution in [3.05, 3.63) is 18.2 Å². The second-order valence-electron chi connectivity index (χ2n) is 8.10. The third-order valence-electron chi connectivity index (χ3n) is 6.15. The van der Waals surface area contributed by atoms with E-state index in [-0.39, 0.29) is 16.7 Å². The molecule has 1 saturated carbocycles. The van der Waals surface area contributed by atoms with Crippen molar-refractivity contribution in [1.82, 2.24) is 9.21 Å². The fourth-order valence-electron chi connectivity index (χ4n) is 3.94. The van der Waals surface area contributed by atoms with E-state index in [1.165, 1.54) is 4.31 Å². The van der Waals surface area contributed by atoms with E-state index in [1.807, 2.05) is 6.07 Å². The highest BCUT2D eigenvalue weighted by molar-refractivity contribution is 7.89. The molecule has 1 aromatic carbocycles. The van der Waals surface area contributed by atoms with E-state index < -0.39 is 10.0 Å². The van der Waals surface area contributed by atoms with E-state index in [9.17, 15) is 13.2 Å².